The maximum Gasteiger partial charge on any atom is 0.263 e. The molecule has 6 nitrogen and oxygen atoms in total. The Hall–Kier alpha value is -1.51. The number of aromatic nitrogens is 2. The first-order valence-electron chi connectivity index (χ1n) is 5.13. The van der Waals surface area contributed by atoms with Gasteiger partial charge >= 0.3 is 0 Å². The quantitative estimate of drug-likeness (QED) is 0.883. The van der Waals surface area contributed by atoms with Crippen molar-refractivity contribution in [2.45, 2.75) is 17.9 Å². The molecule has 18 heavy (non-hydrogen) atoms. The summed E-state index contributed by atoms with van der Waals surface area (Å²) in [4.78, 5) is 0.169. The molecule has 96 valence electrons. The van der Waals surface area contributed by atoms with Crippen LogP contribution in [-0.2, 0) is 10.0 Å². The van der Waals surface area contributed by atoms with Crippen molar-refractivity contribution >= 4 is 26.5 Å². The first-order valence-corrected chi connectivity index (χ1v) is 7.50. The van der Waals surface area contributed by atoms with Gasteiger partial charge in [-0.05, 0) is 24.6 Å². The molecule has 0 amide bonds. The van der Waals surface area contributed by atoms with Gasteiger partial charge in [0.15, 0.2) is 0 Å². The topological polar surface area (TPSA) is 98.0 Å². The molecular formula is C10H12N4O2S2. The van der Waals surface area contributed by atoms with Crippen LogP contribution < -0.4 is 10.5 Å². The van der Waals surface area contributed by atoms with Crippen LogP contribution in [0.3, 0.4) is 0 Å². The summed E-state index contributed by atoms with van der Waals surface area (Å²) in [5.41, 5.74) is 8.04. The second-order valence-electron chi connectivity index (χ2n) is 3.71. The van der Waals surface area contributed by atoms with Crippen LogP contribution in [0.2, 0.25) is 0 Å². The normalized spacial score (nSPS) is 13.2. The molecule has 2 rings (SSSR count). The lowest BCUT2D eigenvalue weighted by Crippen LogP contribution is -2.13. The van der Waals surface area contributed by atoms with E-state index >= 15 is 0 Å². The Morgan fingerprint density at radius 2 is 2.00 bits per heavy atom. The molecule has 0 saturated carbocycles. The van der Waals surface area contributed by atoms with Crippen LogP contribution in [0.5, 0.6) is 0 Å². The summed E-state index contributed by atoms with van der Waals surface area (Å²) in [6.45, 7) is 1.84. The number of anilines is 1. The smallest absolute Gasteiger partial charge is 0.263 e. The maximum absolute atomic E-state index is 12.0. The number of benzene rings is 1. The third-order valence-corrected chi connectivity index (χ3v) is 4.39. The van der Waals surface area contributed by atoms with Crippen molar-refractivity contribution in [3.8, 4) is 0 Å². The van der Waals surface area contributed by atoms with Crippen molar-refractivity contribution in [1.29, 1.82) is 0 Å². The fourth-order valence-corrected chi connectivity index (χ4v) is 3.03. The molecule has 0 bridgehead atoms. The van der Waals surface area contributed by atoms with E-state index in [1.54, 1.807) is 12.1 Å². The molecule has 1 atom stereocenters. The summed E-state index contributed by atoms with van der Waals surface area (Å²) < 4.78 is 26.3. The Morgan fingerprint density at radius 3 is 2.50 bits per heavy atom. The minimum absolute atomic E-state index is 0.127. The Kier molecular flexibility index (Phi) is 3.60. The third kappa shape index (κ3) is 2.84. The van der Waals surface area contributed by atoms with Gasteiger partial charge in [-0.1, -0.05) is 23.5 Å². The van der Waals surface area contributed by atoms with Crippen LogP contribution in [-0.4, -0.2) is 18.6 Å². The van der Waals surface area contributed by atoms with Gasteiger partial charge in [-0.3, -0.25) is 4.72 Å². The molecule has 0 aliphatic heterocycles. The molecule has 8 heteroatoms. The molecule has 0 aliphatic rings. The highest BCUT2D eigenvalue weighted by molar-refractivity contribution is 7.93. The van der Waals surface area contributed by atoms with Crippen molar-refractivity contribution in [3.05, 3.63) is 35.3 Å². The van der Waals surface area contributed by atoms with Crippen molar-refractivity contribution in [2.75, 3.05) is 4.72 Å². The zero-order chi connectivity index (χ0) is 13.2. The first kappa shape index (κ1) is 12.9. The highest BCUT2D eigenvalue weighted by Gasteiger charge is 2.15. The zero-order valence-electron chi connectivity index (χ0n) is 9.57. The fraction of sp³-hybridized carbons (Fsp3) is 0.200. The fourth-order valence-electron chi connectivity index (χ4n) is 1.34. The predicted molar refractivity (Wildman–Crippen MR) is 69.8 cm³/mol. The van der Waals surface area contributed by atoms with E-state index in [0.717, 1.165) is 16.9 Å². The van der Waals surface area contributed by atoms with Gasteiger partial charge in [-0.2, -0.15) is 0 Å². The summed E-state index contributed by atoms with van der Waals surface area (Å²) in [6, 6.07) is 6.29. The van der Waals surface area contributed by atoms with Gasteiger partial charge in [-0.15, -0.1) is 10.2 Å². The Bertz CT molecular complexity index is 606. The molecular weight excluding hydrogens is 272 g/mol. The Morgan fingerprint density at radius 1 is 1.33 bits per heavy atom. The molecule has 0 radical (unpaired) electrons. The minimum atomic E-state index is -3.61. The van der Waals surface area contributed by atoms with Crippen LogP contribution in [0.15, 0.2) is 34.7 Å². The van der Waals surface area contributed by atoms with Gasteiger partial charge in [0.25, 0.3) is 10.0 Å². The average Bonchev–Trinajstić information content (AvgIpc) is 2.81. The van der Waals surface area contributed by atoms with Gasteiger partial charge < -0.3 is 5.73 Å². The molecule has 0 saturated heterocycles. The van der Waals surface area contributed by atoms with Crippen LogP contribution in [0.25, 0.3) is 0 Å². The number of sulfonamides is 1. The van der Waals surface area contributed by atoms with Gasteiger partial charge in [0.2, 0.25) is 5.13 Å². The molecule has 1 aromatic heterocycles. The number of hydrogen-bond acceptors (Lipinski definition) is 6. The predicted octanol–water partition coefficient (Wildman–Crippen LogP) is 1.36. The van der Waals surface area contributed by atoms with E-state index in [1.807, 2.05) is 6.92 Å². The molecule has 0 spiro atoms. The summed E-state index contributed by atoms with van der Waals surface area (Å²) in [6.07, 6.45) is 0. The van der Waals surface area contributed by atoms with E-state index in [2.05, 4.69) is 14.9 Å². The molecule has 1 unspecified atom stereocenters. The molecule has 0 aliphatic carbocycles. The monoisotopic (exact) mass is 284 g/mol. The van der Waals surface area contributed by atoms with Crippen LogP contribution in [0, 0.1) is 0 Å². The number of rotatable bonds is 4. The molecule has 0 fully saturated rings. The lowest BCUT2D eigenvalue weighted by atomic mass is 10.1. The summed E-state index contributed by atoms with van der Waals surface area (Å²) in [5, 5.41) is 7.44. The average molecular weight is 284 g/mol. The Labute approximate surface area is 109 Å². The second kappa shape index (κ2) is 5.01. The van der Waals surface area contributed by atoms with Crippen molar-refractivity contribution < 1.29 is 8.42 Å². The van der Waals surface area contributed by atoms with Crippen molar-refractivity contribution in [2.24, 2.45) is 5.73 Å². The number of hydrogen-bond donors (Lipinski definition) is 2. The summed E-state index contributed by atoms with van der Waals surface area (Å²) in [5.74, 6) is 0. The molecule has 2 aromatic rings. The minimum Gasteiger partial charge on any atom is -0.324 e. The van der Waals surface area contributed by atoms with E-state index in [1.165, 1.54) is 17.6 Å². The lowest BCUT2D eigenvalue weighted by Gasteiger charge is -2.08. The molecule has 3 N–H and O–H groups in total. The van der Waals surface area contributed by atoms with E-state index in [-0.39, 0.29) is 16.1 Å². The highest BCUT2D eigenvalue weighted by Crippen LogP contribution is 2.18. The summed E-state index contributed by atoms with van der Waals surface area (Å²) in [7, 11) is -3.61. The van der Waals surface area contributed by atoms with Crippen LogP contribution >= 0.6 is 11.3 Å². The third-order valence-electron chi connectivity index (χ3n) is 2.30. The van der Waals surface area contributed by atoms with Gasteiger partial charge in [0.1, 0.15) is 5.51 Å². The SMILES string of the molecule is CC(N)c1ccc(S(=O)(=O)Nc2nncs2)cc1. The highest BCUT2D eigenvalue weighted by atomic mass is 32.2. The number of nitrogens with one attached hydrogen (secondary N) is 1. The second-order valence-corrected chi connectivity index (χ2v) is 6.22. The van der Waals surface area contributed by atoms with E-state index in [9.17, 15) is 8.42 Å². The lowest BCUT2D eigenvalue weighted by molar-refractivity contribution is 0.601. The van der Waals surface area contributed by atoms with Crippen LogP contribution in [0.1, 0.15) is 18.5 Å². The van der Waals surface area contributed by atoms with E-state index in [0.29, 0.717) is 0 Å². The van der Waals surface area contributed by atoms with Crippen molar-refractivity contribution in [3.63, 3.8) is 0 Å². The maximum atomic E-state index is 12.0. The molecule has 1 aromatic carbocycles. The van der Waals surface area contributed by atoms with Crippen LogP contribution in [0.4, 0.5) is 5.13 Å². The van der Waals surface area contributed by atoms with Gasteiger partial charge in [0, 0.05) is 6.04 Å². The van der Waals surface area contributed by atoms with E-state index < -0.39 is 10.0 Å². The van der Waals surface area contributed by atoms with Gasteiger partial charge in [0.05, 0.1) is 4.90 Å². The zero-order valence-corrected chi connectivity index (χ0v) is 11.2. The summed E-state index contributed by atoms with van der Waals surface area (Å²) >= 11 is 1.12. The number of nitrogens with zero attached hydrogens (tertiary/aromatic N) is 2. The van der Waals surface area contributed by atoms with Gasteiger partial charge in [-0.25, -0.2) is 8.42 Å². The Balaban J connectivity index is 2.25. The number of nitrogens with two attached hydrogens (primary N) is 1. The van der Waals surface area contributed by atoms with Crippen molar-refractivity contribution in [1.82, 2.24) is 10.2 Å². The standard InChI is InChI=1S/C10H12N4O2S2/c1-7(11)8-2-4-9(5-3-8)18(15,16)14-10-13-12-6-17-10/h2-7H,11H2,1H3,(H,13,14). The van der Waals surface area contributed by atoms with E-state index in [4.69, 9.17) is 5.73 Å². The first-order chi connectivity index (χ1) is 8.49. The molecule has 1 heterocycles. The largest absolute Gasteiger partial charge is 0.324 e.